The van der Waals surface area contributed by atoms with Gasteiger partial charge in [0.2, 0.25) is 0 Å². The number of aromatic carboxylic acids is 2. The molecule has 0 radical (unpaired) electrons. The fraction of sp³-hybridized carbons (Fsp3) is 0. The van der Waals surface area contributed by atoms with E-state index in [-0.39, 0.29) is 97.5 Å². The molecule has 0 aliphatic heterocycles. The van der Waals surface area contributed by atoms with Crippen molar-refractivity contribution in [3.63, 3.8) is 0 Å². The molecule has 0 saturated heterocycles. The Bertz CT molecular complexity index is 309. The number of rotatable bonds is 2. The molecule has 0 amide bonds. The number of carboxylic acid groups (broad SMARTS) is 2. The predicted molar refractivity (Wildman–Crippen MR) is 49.4 cm³/mol. The second-order valence-electron chi connectivity index (χ2n) is 2.16. The van der Waals surface area contributed by atoms with Crippen LogP contribution in [-0.4, -0.2) is 79.0 Å². The molecule has 0 atom stereocenters. The molecule has 1 aromatic rings. The molecule has 0 saturated carbocycles. The first-order valence-corrected chi connectivity index (χ1v) is 3.18. The first-order chi connectivity index (χ1) is 5.63. The van der Waals surface area contributed by atoms with Gasteiger partial charge in [0.1, 0.15) is 0 Å². The van der Waals surface area contributed by atoms with E-state index in [1.165, 1.54) is 24.3 Å². The van der Waals surface area contributed by atoms with E-state index in [0.29, 0.717) is 0 Å². The molecule has 72 valence electrons. The van der Waals surface area contributed by atoms with Crippen molar-refractivity contribution >= 4 is 63.3 Å². The van der Waals surface area contributed by atoms with Crippen molar-refractivity contribution in [1.29, 1.82) is 0 Å². The molecule has 0 aliphatic rings. The van der Waals surface area contributed by atoms with Crippen molar-refractivity contribution in [2.75, 3.05) is 0 Å². The van der Waals surface area contributed by atoms with Crippen LogP contribution in [0.5, 0.6) is 0 Å². The van der Waals surface area contributed by atoms with E-state index in [1.807, 2.05) is 0 Å². The van der Waals surface area contributed by atoms with Crippen LogP contribution in [0.3, 0.4) is 0 Å². The van der Waals surface area contributed by atoms with E-state index < -0.39 is 11.9 Å². The Morgan fingerprint density at radius 1 is 0.933 bits per heavy atom. The largest absolute Gasteiger partial charge is 1.00 e. The average Bonchev–Trinajstić information content (AvgIpc) is 2.04. The molecular weight excluding hydrogens is 238 g/mol. The first kappa shape index (κ1) is 21.1. The summed E-state index contributed by atoms with van der Waals surface area (Å²) in [5.41, 5.74) is -0.380. The Labute approximate surface area is 151 Å². The SMILES string of the molecule is O=C(O)c1ccccc1C(=O)O.[KH].[Na+].[OH-]. The molecule has 7 heteroatoms. The molecule has 15 heavy (non-hydrogen) atoms. The van der Waals surface area contributed by atoms with E-state index in [2.05, 4.69) is 0 Å². The van der Waals surface area contributed by atoms with Gasteiger partial charge in [-0.15, -0.1) is 0 Å². The summed E-state index contributed by atoms with van der Waals surface area (Å²) in [5, 5.41) is 17.1. The summed E-state index contributed by atoms with van der Waals surface area (Å²) in [5.74, 6) is -2.46. The standard InChI is InChI=1S/C8H6O4.K.Na.H2O.H/c9-7(10)5-3-1-2-4-6(5)8(11)12;;;;/h1-4H,(H,9,10)(H,11,12);;;1H2;/q;;+1;;/p-1. The van der Waals surface area contributed by atoms with Crippen molar-refractivity contribution in [1.82, 2.24) is 0 Å². The van der Waals surface area contributed by atoms with Gasteiger partial charge in [0, 0.05) is 0 Å². The van der Waals surface area contributed by atoms with E-state index in [0.717, 1.165) is 0 Å². The van der Waals surface area contributed by atoms with Gasteiger partial charge in [-0.25, -0.2) is 9.59 Å². The number of carbonyl (C=O) groups is 2. The Morgan fingerprint density at radius 3 is 1.40 bits per heavy atom. The van der Waals surface area contributed by atoms with Crippen LogP contribution in [0.2, 0.25) is 0 Å². The molecule has 0 heterocycles. The minimum absolute atomic E-state index is 0. The first-order valence-electron chi connectivity index (χ1n) is 3.18. The Kier molecular flexibility index (Phi) is 14.0. The summed E-state index contributed by atoms with van der Waals surface area (Å²) in [4.78, 5) is 20.9. The van der Waals surface area contributed by atoms with Crippen LogP contribution < -0.4 is 29.6 Å². The van der Waals surface area contributed by atoms with Gasteiger partial charge in [-0.1, -0.05) is 12.1 Å². The van der Waals surface area contributed by atoms with E-state index in [4.69, 9.17) is 10.2 Å². The van der Waals surface area contributed by atoms with Crippen molar-refractivity contribution in [2.45, 2.75) is 0 Å². The third-order valence-corrected chi connectivity index (χ3v) is 1.39. The van der Waals surface area contributed by atoms with Gasteiger partial charge in [-0.2, -0.15) is 0 Å². The monoisotopic (exact) mass is 246 g/mol. The molecular formula is C8H8KNaO5. The maximum absolute atomic E-state index is 10.5. The third-order valence-electron chi connectivity index (χ3n) is 1.39. The summed E-state index contributed by atoms with van der Waals surface area (Å²) in [6.07, 6.45) is 0. The van der Waals surface area contributed by atoms with Crippen molar-refractivity contribution in [3.05, 3.63) is 35.4 Å². The molecule has 0 aromatic heterocycles. The molecule has 0 spiro atoms. The maximum atomic E-state index is 10.5. The van der Waals surface area contributed by atoms with Crippen molar-refractivity contribution < 1.29 is 54.8 Å². The molecule has 0 aliphatic carbocycles. The van der Waals surface area contributed by atoms with Crippen LogP contribution in [0.25, 0.3) is 0 Å². The smallest absolute Gasteiger partial charge is 0.870 e. The minimum atomic E-state index is -1.23. The number of hydrogen-bond donors (Lipinski definition) is 2. The van der Waals surface area contributed by atoms with Crippen LogP contribution in [0.15, 0.2) is 24.3 Å². The van der Waals surface area contributed by atoms with Gasteiger partial charge in [-0.05, 0) is 12.1 Å². The minimum Gasteiger partial charge on any atom is -0.870 e. The topological polar surface area (TPSA) is 105 Å². The zero-order chi connectivity index (χ0) is 9.14. The molecule has 0 unspecified atom stereocenters. The quantitative estimate of drug-likeness (QED) is 0.551. The number of benzene rings is 1. The third kappa shape index (κ3) is 6.15. The number of carboxylic acids is 2. The van der Waals surface area contributed by atoms with Gasteiger partial charge in [0.15, 0.2) is 0 Å². The van der Waals surface area contributed by atoms with Crippen LogP contribution in [0, 0.1) is 0 Å². The zero-order valence-electron chi connectivity index (χ0n) is 7.47. The van der Waals surface area contributed by atoms with Crippen molar-refractivity contribution in [2.24, 2.45) is 0 Å². The molecule has 0 bridgehead atoms. The zero-order valence-corrected chi connectivity index (χ0v) is 9.47. The van der Waals surface area contributed by atoms with Crippen molar-refractivity contribution in [3.8, 4) is 0 Å². The maximum Gasteiger partial charge on any atom is 1.00 e. The van der Waals surface area contributed by atoms with Gasteiger partial charge in [0.05, 0.1) is 11.1 Å². The molecule has 3 N–H and O–H groups in total. The van der Waals surface area contributed by atoms with Gasteiger partial charge >= 0.3 is 92.9 Å². The van der Waals surface area contributed by atoms with E-state index in [9.17, 15) is 9.59 Å². The molecule has 1 rings (SSSR count). The van der Waals surface area contributed by atoms with Crippen LogP contribution in [0.4, 0.5) is 0 Å². The molecule has 5 nitrogen and oxygen atoms in total. The second kappa shape index (κ2) is 9.95. The van der Waals surface area contributed by atoms with Crippen LogP contribution >= 0.6 is 0 Å². The Morgan fingerprint density at radius 2 is 1.20 bits per heavy atom. The Hall–Kier alpha value is 0.756. The van der Waals surface area contributed by atoms with E-state index >= 15 is 0 Å². The summed E-state index contributed by atoms with van der Waals surface area (Å²) in [6, 6.07) is 5.48. The summed E-state index contributed by atoms with van der Waals surface area (Å²) >= 11 is 0. The number of hydrogen-bond acceptors (Lipinski definition) is 3. The molecule has 0 fully saturated rings. The summed E-state index contributed by atoms with van der Waals surface area (Å²) in [6.45, 7) is 0. The van der Waals surface area contributed by atoms with E-state index in [1.54, 1.807) is 0 Å². The fourth-order valence-corrected chi connectivity index (χ4v) is 0.856. The molecule has 1 aromatic carbocycles. The Balaban J connectivity index is -0.000000480. The van der Waals surface area contributed by atoms with Crippen LogP contribution in [-0.2, 0) is 0 Å². The summed E-state index contributed by atoms with van der Waals surface area (Å²) < 4.78 is 0. The van der Waals surface area contributed by atoms with Crippen LogP contribution in [0.1, 0.15) is 20.7 Å². The van der Waals surface area contributed by atoms with Gasteiger partial charge in [-0.3, -0.25) is 0 Å². The second-order valence-corrected chi connectivity index (χ2v) is 2.16. The summed E-state index contributed by atoms with van der Waals surface area (Å²) in [7, 11) is 0. The van der Waals surface area contributed by atoms with Gasteiger partial charge < -0.3 is 15.7 Å². The van der Waals surface area contributed by atoms with Gasteiger partial charge in [0.25, 0.3) is 0 Å². The normalized spacial score (nSPS) is 7.47. The predicted octanol–water partition coefficient (Wildman–Crippen LogP) is -2.74. The average molecular weight is 246 g/mol. The fourth-order valence-electron chi connectivity index (χ4n) is 0.856.